The van der Waals surface area contributed by atoms with Crippen molar-refractivity contribution in [3.8, 4) is 0 Å². The van der Waals surface area contributed by atoms with Crippen LogP contribution in [0.2, 0.25) is 0 Å². The molecule has 5 aromatic rings. The number of anilines is 3. The maximum Gasteiger partial charge on any atom is 0.196 e. The van der Waals surface area contributed by atoms with E-state index in [2.05, 4.69) is 132 Å². The van der Waals surface area contributed by atoms with Crippen LogP contribution < -0.4 is 10.2 Å². The van der Waals surface area contributed by atoms with E-state index in [1.54, 1.807) is 0 Å². The smallest absolute Gasteiger partial charge is 0.196 e. The highest BCUT2D eigenvalue weighted by Gasteiger charge is 2.21. The summed E-state index contributed by atoms with van der Waals surface area (Å²) in [7, 11) is 0. The van der Waals surface area contributed by atoms with E-state index in [1.165, 1.54) is 5.56 Å². The summed E-state index contributed by atoms with van der Waals surface area (Å²) < 4.78 is 6.29. The van der Waals surface area contributed by atoms with E-state index in [4.69, 9.17) is 4.74 Å². The molecular weight excluding hydrogens is 464 g/mol. The van der Waals surface area contributed by atoms with Gasteiger partial charge in [0, 0.05) is 34.4 Å². The Kier molecular flexibility index (Phi) is 6.73. The van der Waals surface area contributed by atoms with Crippen LogP contribution in [0.15, 0.2) is 146 Å². The minimum atomic E-state index is -0.207. The average molecular weight is 493 g/mol. The van der Waals surface area contributed by atoms with Gasteiger partial charge in [0.05, 0.1) is 0 Å². The van der Waals surface area contributed by atoms with Gasteiger partial charge in [-0.05, 0) is 59.7 Å². The highest BCUT2D eigenvalue weighted by molar-refractivity contribution is 5.77. The van der Waals surface area contributed by atoms with E-state index in [0.717, 1.165) is 39.5 Å². The predicted octanol–water partition coefficient (Wildman–Crippen LogP) is 8.94. The Balaban J connectivity index is 1.15. The summed E-state index contributed by atoms with van der Waals surface area (Å²) in [5.41, 5.74) is 7.79. The number of ether oxygens (including phenoxy) is 1. The van der Waals surface area contributed by atoms with Crippen molar-refractivity contribution >= 4 is 35.0 Å². The first-order chi connectivity index (χ1) is 18.8. The van der Waals surface area contributed by atoms with E-state index in [9.17, 15) is 0 Å². The van der Waals surface area contributed by atoms with Crippen molar-refractivity contribution in [3.63, 3.8) is 0 Å². The lowest BCUT2D eigenvalue weighted by Crippen LogP contribution is -2.11. The minimum absolute atomic E-state index is 0.207. The van der Waals surface area contributed by atoms with Gasteiger partial charge in [0.1, 0.15) is 5.76 Å². The molecule has 1 N–H and O–H groups in total. The van der Waals surface area contributed by atoms with Crippen LogP contribution in [0.3, 0.4) is 0 Å². The fourth-order valence-electron chi connectivity index (χ4n) is 4.58. The minimum Gasteiger partial charge on any atom is -0.464 e. The molecule has 0 aliphatic carbocycles. The third-order valence-electron chi connectivity index (χ3n) is 6.56. The largest absolute Gasteiger partial charge is 0.464 e. The van der Waals surface area contributed by atoms with Crippen LogP contribution in [0.5, 0.6) is 0 Å². The van der Waals surface area contributed by atoms with Crippen LogP contribution in [-0.4, -0.2) is 0 Å². The second kappa shape index (κ2) is 10.9. The van der Waals surface area contributed by atoms with Crippen LogP contribution in [0.1, 0.15) is 28.5 Å². The van der Waals surface area contributed by atoms with Gasteiger partial charge in [0.25, 0.3) is 0 Å². The highest BCUT2D eigenvalue weighted by Crippen LogP contribution is 2.36. The van der Waals surface area contributed by atoms with E-state index in [1.807, 2.05) is 36.5 Å². The van der Waals surface area contributed by atoms with Gasteiger partial charge >= 0.3 is 0 Å². The van der Waals surface area contributed by atoms with Crippen molar-refractivity contribution in [2.24, 2.45) is 0 Å². The number of benzene rings is 5. The van der Waals surface area contributed by atoms with Crippen LogP contribution in [0, 0.1) is 0 Å². The topological polar surface area (TPSA) is 24.5 Å². The molecule has 0 saturated heterocycles. The molecule has 1 heterocycles. The fourth-order valence-corrected chi connectivity index (χ4v) is 4.58. The SMILES string of the molecule is C1=C(c2ccc(N(c3ccccc3)c3ccccc3)cc2)OC(c2ccc(/C=C\c3ccccc3)cc2)N1. The molecule has 0 bridgehead atoms. The molecule has 0 aromatic heterocycles. The second-order valence-corrected chi connectivity index (χ2v) is 9.14. The molecule has 0 saturated carbocycles. The van der Waals surface area contributed by atoms with E-state index < -0.39 is 0 Å². The lowest BCUT2D eigenvalue weighted by molar-refractivity contribution is 0.174. The van der Waals surface area contributed by atoms with Crippen molar-refractivity contribution in [2.75, 3.05) is 4.90 Å². The Morgan fingerprint density at radius 1 is 0.526 bits per heavy atom. The molecule has 0 amide bonds. The summed E-state index contributed by atoms with van der Waals surface area (Å²) in [5.74, 6) is 0.834. The fraction of sp³-hybridized carbons (Fsp3) is 0.0286. The number of nitrogens with zero attached hydrogens (tertiary/aromatic N) is 1. The van der Waals surface area contributed by atoms with Crippen LogP contribution in [-0.2, 0) is 4.74 Å². The van der Waals surface area contributed by atoms with Gasteiger partial charge in [-0.25, -0.2) is 0 Å². The molecule has 0 radical (unpaired) electrons. The van der Waals surface area contributed by atoms with Crippen LogP contribution in [0.25, 0.3) is 17.9 Å². The Hall–Kier alpha value is -5.02. The molecule has 0 spiro atoms. The van der Waals surface area contributed by atoms with Gasteiger partial charge in [-0.2, -0.15) is 0 Å². The molecule has 1 atom stereocenters. The third-order valence-corrected chi connectivity index (χ3v) is 6.56. The van der Waals surface area contributed by atoms with Crippen molar-refractivity contribution in [2.45, 2.75) is 6.23 Å². The summed E-state index contributed by atoms with van der Waals surface area (Å²) in [6.07, 6.45) is 6.00. The highest BCUT2D eigenvalue weighted by atomic mass is 16.5. The maximum absolute atomic E-state index is 6.29. The Labute approximate surface area is 224 Å². The van der Waals surface area contributed by atoms with Crippen LogP contribution in [0.4, 0.5) is 17.1 Å². The van der Waals surface area contributed by atoms with Crippen molar-refractivity contribution in [1.82, 2.24) is 5.32 Å². The summed E-state index contributed by atoms with van der Waals surface area (Å²) in [5, 5.41) is 3.38. The Morgan fingerprint density at radius 3 is 1.61 bits per heavy atom. The van der Waals surface area contributed by atoms with Gasteiger partial charge in [0.15, 0.2) is 6.23 Å². The quantitative estimate of drug-likeness (QED) is 0.230. The molecule has 1 unspecified atom stereocenters. The first-order valence-electron chi connectivity index (χ1n) is 12.8. The lowest BCUT2D eigenvalue weighted by Gasteiger charge is -2.25. The summed E-state index contributed by atoms with van der Waals surface area (Å²) in [4.78, 5) is 2.25. The molecule has 38 heavy (non-hydrogen) atoms. The van der Waals surface area contributed by atoms with Crippen LogP contribution >= 0.6 is 0 Å². The van der Waals surface area contributed by atoms with Gasteiger partial charge in [-0.1, -0.05) is 103 Å². The Morgan fingerprint density at radius 2 is 1.03 bits per heavy atom. The average Bonchev–Trinajstić information content (AvgIpc) is 3.49. The molecular formula is C35H28N2O. The summed E-state index contributed by atoms with van der Waals surface area (Å²) in [6.45, 7) is 0. The van der Waals surface area contributed by atoms with E-state index in [0.29, 0.717) is 0 Å². The molecule has 184 valence electrons. The molecule has 1 aliphatic rings. The molecule has 3 nitrogen and oxygen atoms in total. The summed E-state index contributed by atoms with van der Waals surface area (Å²) >= 11 is 0. The number of nitrogens with one attached hydrogen (secondary N) is 1. The van der Waals surface area contributed by atoms with E-state index >= 15 is 0 Å². The van der Waals surface area contributed by atoms with Crippen molar-refractivity contribution in [1.29, 1.82) is 0 Å². The molecule has 0 fully saturated rings. The zero-order chi connectivity index (χ0) is 25.6. The number of hydrogen-bond acceptors (Lipinski definition) is 3. The van der Waals surface area contributed by atoms with E-state index in [-0.39, 0.29) is 6.23 Å². The molecule has 3 heteroatoms. The number of hydrogen-bond donors (Lipinski definition) is 1. The maximum atomic E-state index is 6.29. The number of rotatable bonds is 7. The van der Waals surface area contributed by atoms with Gasteiger partial charge in [0.2, 0.25) is 0 Å². The first kappa shape index (κ1) is 23.4. The normalized spacial score (nSPS) is 14.5. The number of para-hydroxylation sites is 2. The molecule has 1 aliphatic heterocycles. The molecule has 5 aromatic carbocycles. The second-order valence-electron chi connectivity index (χ2n) is 9.14. The zero-order valence-corrected chi connectivity index (χ0v) is 20.9. The standard InChI is InChI=1S/C35H28N2O/c1-4-10-27(11-5-1)16-17-28-18-20-30(21-19-28)35-36-26-34(38-35)29-22-24-33(25-23-29)37(31-12-6-2-7-13-31)32-14-8-3-9-15-32/h1-26,35-36H/b17-16-. The van der Waals surface area contributed by atoms with Gasteiger partial charge in [-0.15, -0.1) is 0 Å². The lowest BCUT2D eigenvalue weighted by atomic mass is 10.1. The zero-order valence-electron chi connectivity index (χ0n) is 20.9. The predicted molar refractivity (Wildman–Crippen MR) is 158 cm³/mol. The van der Waals surface area contributed by atoms with Crippen molar-refractivity contribution in [3.05, 3.63) is 168 Å². The molecule has 6 rings (SSSR count). The third kappa shape index (κ3) is 5.23. The first-order valence-corrected chi connectivity index (χ1v) is 12.8. The monoisotopic (exact) mass is 492 g/mol. The van der Waals surface area contributed by atoms with Gasteiger partial charge < -0.3 is 15.0 Å². The van der Waals surface area contributed by atoms with Gasteiger partial charge in [-0.3, -0.25) is 0 Å². The Bertz CT molecular complexity index is 1490. The summed E-state index contributed by atoms with van der Waals surface area (Å²) in [6, 6.07) is 48.1. The van der Waals surface area contributed by atoms with Crippen molar-refractivity contribution < 1.29 is 4.74 Å².